The van der Waals surface area contributed by atoms with Crippen LogP contribution in [0, 0.1) is 0 Å². The minimum absolute atomic E-state index is 0.0140. The number of nitrogens with one attached hydrogen (secondary N) is 2. The molecule has 2 atom stereocenters. The van der Waals surface area contributed by atoms with Gasteiger partial charge in [0.15, 0.2) is 0 Å². The van der Waals surface area contributed by atoms with Crippen LogP contribution in [0.2, 0.25) is 0 Å². The van der Waals surface area contributed by atoms with E-state index >= 15 is 0 Å². The van der Waals surface area contributed by atoms with E-state index in [-0.39, 0.29) is 24.9 Å². The van der Waals surface area contributed by atoms with Crippen molar-refractivity contribution in [2.24, 2.45) is 0 Å². The lowest BCUT2D eigenvalue weighted by atomic mass is 9.98. The van der Waals surface area contributed by atoms with Crippen molar-refractivity contribution in [2.75, 3.05) is 6.61 Å². The lowest BCUT2D eigenvalue weighted by Gasteiger charge is -2.21. The number of fused-ring (bicyclic) bond motifs is 3. The molecule has 3 N–H and O–H groups in total. The summed E-state index contributed by atoms with van der Waals surface area (Å²) in [6, 6.07) is 14.9. The van der Waals surface area contributed by atoms with Crippen LogP contribution < -0.4 is 10.6 Å². The summed E-state index contributed by atoms with van der Waals surface area (Å²) < 4.78 is 5.63. The Kier molecular flexibility index (Phi) is 9.70. The number of benzene rings is 2. The molecule has 0 radical (unpaired) electrons. The van der Waals surface area contributed by atoms with E-state index in [4.69, 9.17) is 4.74 Å². The highest BCUT2D eigenvalue weighted by molar-refractivity contribution is 5.84. The monoisotopic (exact) mass is 480 g/mol. The van der Waals surface area contributed by atoms with E-state index in [0.717, 1.165) is 41.5 Å². The van der Waals surface area contributed by atoms with E-state index in [0.29, 0.717) is 19.3 Å². The Morgan fingerprint density at radius 2 is 1.46 bits per heavy atom. The molecule has 2 aromatic carbocycles. The Hall–Kier alpha value is -3.35. The van der Waals surface area contributed by atoms with Crippen molar-refractivity contribution in [3.05, 3.63) is 59.7 Å². The van der Waals surface area contributed by atoms with Gasteiger partial charge >= 0.3 is 12.1 Å². The van der Waals surface area contributed by atoms with Gasteiger partial charge in [0.25, 0.3) is 0 Å². The highest BCUT2D eigenvalue weighted by Gasteiger charge is 2.29. The molecule has 0 bridgehead atoms. The van der Waals surface area contributed by atoms with E-state index in [2.05, 4.69) is 34.9 Å². The van der Waals surface area contributed by atoms with Crippen molar-refractivity contribution in [2.45, 2.75) is 76.8 Å². The molecular formula is C28H36N2O5. The van der Waals surface area contributed by atoms with Crippen LogP contribution in [0.5, 0.6) is 0 Å². The van der Waals surface area contributed by atoms with Crippen LogP contribution in [-0.4, -0.2) is 41.8 Å². The summed E-state index contributed by atoms with van der Waals surface area (Å²) in [5.74, 6) is -1.46. The molecule has 3 rings (SSSR count). The van der Waals surface area contributed by atoms with Crippen molar-refractivity contribution in [1.82, 2.24) is 10.6 Å². The molecule has 0 fully saturated rings. The SMILES string of the molecule is CCCC[C@H](CC(=O)N[C@@H](CCCC)C(=O)O)NC(=O)OCC1c2ccccc2-c2ccccc21. The number of unbranched alkanes of at least 4 members (excludes halogenated alkanes) is 2. The molecule has 0 saturated heterocycles. The van der Waals surface area contributed by atoms with Gasteiger partial charge in [-0.2, -0.15) is 0 Å². The fourth-order valence-electron chi connectivity index (χ4n) is 4.63. The zero-order valence-corrected chi connectivity index (χ0v) is 20.6. The first-order chi connectivity index (χ1) is 16.9. The number of carboxylic acids is 1. The molecule has 2 amide bonds. The van der Waals surface area contributed by atoms with Crippen molar-refractivity contribution >= 4 is 18.0 Å². The summed E-state index contributed by atoms with van der Waals surface area (Å²) in [6.45, 7) is 4.21. The molecule has 188 valence electrons. The molecule has 1 aliphatic rings. The number of carboxylic acid groups (broad SMARTS) is 1. The molecule has 0 spiro atoms. The van der Waals surface area contributed by atoms with Gasteiger partial charge in [-0.15, -0.1) is 0 Å². The van der Waals surface area contributed by atoms with Gasteiger partial charge in [0, 0.05) is 18.4 Å². The smallest absolute Gasteiger partial charge is 0.407 e. The number of ether oxygens (including phenoxy) is 1. The van der Waals surface area contributed by atoms with Gasteiger partial charge in [0.1, 0.15) is 12.6 Å². The summed E-state index contributed by atoms with van der Waals surface area (Å²) in [5, 5.41) is 14.8. The number of hydrogen-bond donors (Lipinski definition) is 3. The van der Waals surface area contributed by atoms with Crippen molar-refractivity contribution in [3.8, 4) is 11.1 Å². The topological polar surface area (TPSA) is 105 Å². The average Bonchev–Trinajstić information content (AvgIpc) is 3.17. The molecule has 1 aliphatic carbocycles. The molecule has 0 saturated carbocycles. The van der Waals surface area contributed by atoms with Crippen molar-refractivity contribution in [1.29, 1.82) is 0 Å². The summed E-state index contributed by atoms with van der Waals surface area (Å²) in [5.41, 5.74) is 4.58. The quantitative estimate of drug-likeness (QED) is 0.364. The first kappa shape index (κ1) is 26.3. The predicted octanol–water partition coefficient (Wildman–Crippen LogP) is 5.23. The van der Waals surface area contributed by atoms with E-state index < -0.39 is 24.1 Å². The van der Waals surface area contributed by atoms with Gasteiger partial charge in [0.05, 0.1) is 0 Å². The van der Waals surface area contributed by atoms with Gasteiger partial charge in [0.2, 0.25) is 5.91 Å². The molecule has 7 heteroatoms. The van der Waals surface area contributed by atoms with Gasteiger partial charge in [-0.05, 0) is 35.1 Å². The summed E-state index contributed by atoms with van der Waals surface area (Å²) in [6.07, 6.45) is 3.76. The standard InChI is InChI=1S/C28H36N2O5/c1-3-5-11-19(17-26(31)30-25(27(32)33)16-6-4-2)29-28(34)35-18-24-22-14-9-7-12-20(22)21-13-8-10-15-23(21)24/h7-10,12-15,19,24-25H,3-6,11,16-18H2,1-2H3,(H,29,34)(H,30,31)(H,32,33)/t19-,25+/m1/s1. The van der Waals surface area contributed by atoms with Gasteiger partial charge < -0.3 is 20.5 Å². The number of carbonyl (C=O) groups excluding carboxylic acids is 2. The molecule has 0 aliphatic heterocycles. The minimum Gasteiger partial charge on any atom is -0.480 e. The lowest BCUT2D eigenvalue weighted by Crippen LogP contribution is -2.45. The third-order valence-corrected chi connectivity index (χ3v) is 6.48. The fourth-order valence-corrected chi connectivity index (χ4v) is 4.63. The molecule has 0 unspecified atom stereocenters. The zero-order valence-electron chi connectivity index (χ0n) is 20.6. The first-order valence-electron chi connectivity index (χ1n) is 12.6. The Bertz CT molecular complexity index is 976. The molecule has 0 heterocycles. The van der Waals surface area contributed by atoms with Gasteiger partial charge in [-0.1, -0.05) is 88.1 Å². The molecule has 7 nitrogen and oxygen atoms in total. The third kappa shape index (κ3) is 7.07. The molecule has 2 aromatic rings. The second kappa shape index (κ2) is 12.9. The normalized spacial score (nSPS) is 13.9. The van der Waals surface area contributed by atoms with Crippen molar-refractivity contribution in [3.63, 3.8) is 0 Å². The van der Waals surface area contributed by atoms with Crippen LogP contribution in [-0.2, 0) is 14.3 Å². The van der Waals surface area contributed by atoms with Crippen LogP contribution in [0.4, 0.5) is 4.79 Å². The lowest BCUT2D eigenvalue weighted by molar-refractivity contribution is -0.142. The highest BCUT2D eigenvalue weighted by atomic mass is 16.5. The summed E-state index contributed by atoms with van der Waals surface area (Å²) in [4.78, 5) is 36.7. The van der Waals surface area contributed by atoms with Crippen LogP contribution in [0.15, 0.2) is 48.5 Å². The first-order valence-corrected chi connectivity index (χ1v) is 12.6. The largest absolute Gasteiger partial charge is 0.480 e. The van der Waals surface area contributed by atoms with Gasteiger partial charge in [-0.25, -0.2) is 9.59 Å². The Balaban J connectivity index is 1.59. The molecular weight excluding hydrogens is 444 g/mol. The van der Waals surface area contributed by atoms with E-state index in [1.54, 1.807) is 0 Å². The fraction of sp³-hybridized carbons (Fsp3) is 0.464. The second-order valence-electron chi connectivity index (χ2n) is 9.11. The number of hydrogen-bond acceptors (Lipinski definition) is 4. The summed E-state index contributed by atoms with van der Waals surface area (Å²) >= 11 is 0. The van der Waals surface area contributed by atoms with E-state index in [1.165, 1.54) is 0 Å². The highest BCUT2D eigenvalue weighted by Crippen LogP contribution is 2.44. The molecule has 35 heavy (non-hydrogen) atoms. The van der Waals surface area contributed by atoms with Crippen LogP contribution in [0.25, 0.3) is 11.1 Å². The number of amides is 2. The minimum atomic E-state index is -1.04. The van der Waals surface area contributed by atoms with Crippen LogP contribution in [0.3, 0.4) is 0 Å². The number of aliphatic carboxylic acids is 1. The number of alkyl carbamates (subject to hydrolysis) is 1. The Labute approximate surface area is 207 Å². The van der Waals surface area contributed by atoms with Gasteiger partial charge in [-0.3, -0.25) is 4.79 Å². The maximum atomic E-state index is 12.7. The van der Waals surface area contributed by atoms with Crippen LogP contribution >= 0.6 is 0 Å². The van der Waals surface area contributed by atoms with E-state index in [9.17, 15) is 19.5 Å². The molecule has 0 aromatic heterocycles. The average molecular weight is 481 g/mol. The number of carbonyl (C=O) groups is 3. The number of rotatable bonds is 13. The predicted molar refractivity (Wildman–Crippen MR) is 135 cm³/mol. The maximum absolute atomic E-state index is 12.7. The van der Waals surface area contributed by atoms with Crippen molar-refractivity contribution < 1.29 is 24.2 Å². The third-order valence-electron chi connectivity index (χ3n) is 6.48. The second-order valence-corrected chi connectivity index (χ2v) is 9.11. The Morgan fingerprint density at radius 3 is 2.03 bits per heavy atom. The zero-order chi connectivity index (χ0) is 25.2. The summed E-state index contributed by atoms with van der Waals surface area (Å²) in [7, 11) is 0. The van der Waals surface area contributed by atoms with Crippen LogP contribution in [0.1, 0.15) is 75.8 Å². The maximum Gasteiger partial charge on any atom is 0.407 e. The van der Waals surface area contributed by atoms with E-state index in [1.807, 2.05) is 38.1 Å². The Morgan fingerprint density at radius 1 is 0.886 bits per heavy atom.